The quantitative estimate of drug-likeness (QED) is 0.334. The molecule has 0 radical (unpaired) electrons. The third-order valence-corrected chi connectivity index (χ3v) is 2.57. The molecule has 0 rings (SSSR count). The summed E-state index contributed by atoms with van der Waals surface area (Å²) in [5.74, 6) is 0. The van der Waals surface area contributed by atoms with Gasteiger partial charge in [-0.15, -0.1) is 0 Å². The Bertz CT molecular complexity index is 249. The third-order valence-electron chi connectivity index (χ3n) is 2.57. The Morgan fingerprint density at radius 1 is 0.955 bits per heavy atom. The van der Waals surface area contributed by atoms with E-state index in [9.17, 15) is 4.79 Å². The number of carboxylic acid groups (broad SMARTS) is 1. The maximum atomic E-state index is 10.4. The fourth-order valence-corrected chi connectivity index (χ4v) is 1.49. The normalized spacial score (nSPS) is 12.3. The van der Waals surface area contributed by atoms with Gasteiger partial charge >= 0.3 is 6.16 Å². The predicted octanol–water partition coefficient (Wildman–Crippen LogP) is 1.17. The first-order valence-corrected chi connectivity index (χ1v) is 7.40. The summed E-state index contributed by atoms with van der Waals surface area (Å²) in [5, 5.41) is 8.48. The Hall–Kier alpha value is -0.930. The molecular formula is C14H28O8. The highest BCUT2D eigenvalue weighted by Gasteiger charge is 2.11. The van der Waals surface area contributed by atoms with Crippen molar-refractivity contribution in [3.8, 4) is 0 Å². The molecule has 8 nitrogen and oxygen atoms in total. The topological polar surface area (TPSA) is 92.7 Å². The van der Waals surface area contributed by atoms with Gasteiger partial charge in [0.05, 0.1) is 45.7 Å². The van der Waals surface area contributed by atoms with E-state index in [0.717, 1.165) is 0 Å². The lowest BCUT2D eigenvalue weighted by Crippen LogP contribution is -2.25. The summed E-state index contributed by atoms with van der Waals surface area (Å²) in [6.45, 7) is 5.97. The summed E-state index contributed by atoms with van der Waals surface area (Å²) < 4.78 is 30.7. The van der Waals surface area contributed by atoms with Crippen molar-refractivity contribution in [1.82, 2.24) is 0 Å². The van der Waals surface area contributed by atoms with Crippen molar-refractivity contribution in [3.05, 3.63) is 0 Å². The minimum absolute atomic E-state index is 0.0146. The zero-order valence-corrected chi connectivity index (χ0v) is 13.5. The molecule has 0 aliphatic heterocycles. The number of hydrogen-bond donors (Lipinski definition) is 1. The number of carbonyl (C=O) groups is 1. The maximum Gasteiger partial charge on any atom is 0.505 e. The standard InChI is InChI=1S/C14H28O8/c1-3-18-6-7-19-8-9-20-10-11-21-13(4-5-17-2)12-22-14(15)16/h13H,3-12H2,1-2H3,(H,15,16). The van der Waals surface area contributed by atoms with Gasteiger partial charge in [-0.2, -0.15) is 0 Å². The minimum atomic E-state index is -1.31. The van der Waals surface area contributed by atoms with Crippen LogP contribution in [0.5, 0.6) is 0 Å². The Morgan fingerprint density at radius 3 is 2.09 bits per heavy atom. The molecule has 8 heteroatoms. The molecule has 22 heavy (non-hydrogen) atoms. The SMILES string of the molecule is CCOCCOCCOCCOC(CCOC)COC(=O)O. The van der Waals surface area contributed by atoms with Crippen LogP contribution in [0.1, 0.15) is 13.3 Å². The van der Waals surface area contributed by atoms with E-state index in [-0.39, 0.29) is 12.7 Å². The van der Waals surface area contributed by atoms with Crippen molar-refractivity contribution in [2.45, 2.75) is 19.4 Å². The predicted molar refractivity (Wildman–Crippen MR) is 78.3 cm³/mol. The summed E-state index contributed by atoms with van der Waals surface area (Å²) in [7, 11) is 1.57. The van der Waals surface area contributed by atoms with Crippen LogP contribution in [0.2, 0.25) is 0 Å². The van der Waals surface area contributed by atoms with Crippen molar-refractivity contribution >= 4 is 6.16 Å². The van der Waals surface area contributed by atoms with Gasteiger partial charge in [0, 0.05) is 26.7 Å². The highest BCUT2D eigenvalue weighted by atomic mass is 16.7. The molecule has 0 aliphatic rings. The van der Waals surface area contributed by atoms with Crippen molar-refractivity contribution in [3.63, 3.8) is 0 Å². The summed E-state index contributed by atoms with van der Waals surface area (Å²) in [6, 6.07) is 0. The molecule has 0 spiro atoms. The van der Waals surface area contributed by atoms with Crippen molar-refractivity contribution in [1.29, 1.82) is 0 Å². The smallest absolute Gasteiger partial charge is 0.450 e. The lowest BCUT2D eigenvalue weighted by molar-refractivity contribution is -0.0474. The summed E-state index contributed by atoms with van der Waals surface area (Å²) in [6.07, 6.45) is -1.09. The fourth-order valence-electron chi connectivity index (χ4n) is 1.49. The number of methoxy groups -OCH3 is 1. The molecule has 0 heterocycles. The van der Waals surface area contributed by atoms with E-state index in [1.54, 1.807) is 7.11 Å². The van der Waals surface area contributed by atoms with Crippen molar-refractivity contribution < 1.29 is 38.3 Å². The van der Waals surface area contributed by atoms with E-state index in [0.29, 0.717) is 59.3 Å². The van der Waals surface area contributed by atoms with Crippen LogP contribution in [0.25, 0.3) is 0 Å². The van der Waals surface area contributed by atoms with E-state index in [1.165, 1.54) is 0 Å². The van der Waals surface area contributed by atoms with E-state index in [4.69, 9.17) is 28.8 Å². The van der Waals surface area contributed by atoms with Gasteiger partial charge in [-0.1, -0.05) is 0 Å². The van der Waals surface area contributed by atoms with Crippen molar-refractivity contribution in [2.75, 3.05) is 66.6 Å². The van der Waals surface area contributed by atoms with Gasteiger partial charge in [-0.3, -0.25) is 0 Å². The van der Waals surface area contributed by atoms with Crippen LogP contribution in [0.15, 0.2) is 0 Å². The lowest BCUT2D eigenvalue weighted by atomic mass is 10.3. The highest BCUT2D eigenvalue weighted by Crippen LogP contribution is 2.01. The molecule has 0 aromatic rings. The van der Waals surface area contributed by atoms with Crippen LogP contribution in [0.3, 0.4) is 0 Å². The number of hydrogen-bond acceptors (Lipinski definition) is 7. The Balaban J connectivity index is 3.47. The van der Waals surface area contributed by atoms with Crippen LogP contribution in [0, 0.1) is 0 Å². The van der Waals surface area contributed by atoms with E-state index in [1.807, 2.05) is 6.92 Å². The molecule has 132 valence electrons. The monoisotopic (exact) mass is 324 g/mol. The average Bonchev–Trinajstić information content (AvgIpc) is 2.50. The largest absolute Gasteiger partial charge is 0.505 e. The Labute approximate surface area is 131 Å². The molecule has 1 unspecified atom stereocenters. The van der Waals surface area contributed by atoms with E-state index in [2.05, 4.69) is 4.74 Å². The van der Waals surface area contributed by atoms with Gasteiger partial charge < -0.3 is 33.5 Å². The lowest BCUT2D eigenvalue weighted by Gasteiger charge is -2.16. The molecule has 0 aliphatic carbocycles. The first kappa shape index (κ1) is 21.1. The third kappa shape index (κ3) is 15.5. The second-order valence-electron chi connectivity index (χ2n) is 4.27. The molecule has 0 saturated carbocycles. The summed E-state index contributed by atoms with van der Waals surface area (Å²) in [5.41, 5.74) is 0. The highest BCUT2D eigenvalue weighted by molar-refractivity contribution is 5.56. The van der Waals surface area contributed by atoms with Crippen LogP contribution in [-0.2, 0) is 28.4 Å². The molecule has 0 bridgehead atoms. The molecule has 0 aromatic heterocycles. The first-order valence-electron chi connectivity index (χ1n) is 7.40. The van der Waals surface area contributed by atoms with E-state index < -0.39 is 6.16 Å². The second kappa shape index (κ2) is 16.4. The van der Waals surface area contributed by atoms with Crippen LogP contribution in [0.4, 0.5) is 4.79 Å². The van der Waals surface area contributed by atoms with Crippen LogP contribution < -0.4 is 0 Å². The zero-order valence-electron chi connectivity index (χ0n) is 13.5. The molecule has 1 atom stereocenters. The van der Waals surface area contributed by atoms with Gasteiger partial charge in [-0.05, 0) is 6.92 Å². The number of ether oxygens (including phenoxy) is 6. The zero-order chi connectivity index (χ0) is 16.5. The van der Waals surface area contributed by atoms with Gasteiger partial charge in [0.25, 0.3) is 0 Å². The fraction of sp³-hybridized carbons (Fsp3) is 0.929. The van der Waals surface area contributed by atoms with Gasteiger partial charge in [0.1, 0.15) is 6.61 Å². The minimum Gasteiger partial charge on any atom is -0.450 e. The maximum absolute atomic E-state index is 10.4. The molecule has 0 fully saturated rings. The van der Waals surface area contributed by atoms with E-state index >= 15 is 0 Å². The van der Waals surface area contributed by atoms with Crippen LogP contribution >= 0.6 is 0 Å². The average molecular weight is 324 g/mol. The van der Waals surface area contributed by atoms with Gasteiger partial charge in [-0.25, -0.2) is 4.79 Å². The summed E-state index contributed by atoms with van der Waals surface area (Å²) >= 11 is 0. The molecule has 0 amide bonds. The summed E-state index contributed by atoms with van der Waals surface area (Å²) in [4.78, 5) is 10.4. The molecule has 1 N–H and O–H groups in total. The first-order chi connectivity index (χ1) is 10.7. The van der Waals surface area contributed by atoms with Gasteiger partial charge in [0.15, 0.2) is 0 Å². The number of rotatable bonds is 16. The Kier molecular flexibility index (Phi) is 15.7. The van der Waals surface area contributed by atoms with Gasteiger partial charge in [0.2, 0.25) is 0 Å². The second-order valence-corrected chi connectivity index (χ2v) is 4.27. The molecule has 0 aromatic carbocycles. The Morgan fingerprint density at radius 2 is 1.55 bits per heavy atom. The van der Waals surface area contributed by atoms with Crippen LogP contribution in [-0.4, -0.2) is 83.9 Å². The molecule has 0 saturated heterocycles. The molecular weight excluding hydrogens is 296 g/mol. The van der Waals surface area contributed by atoms with Crippen molar-refractivity contribution in [2.24, 2.45) is 0 Å².